The van der Waals surface area contributed by atoms with Crippen molar-refractivity contribution in [3.05, 3.63) is 99.3 Å². The third-order valence-corrected chi connectivity index (χ3v) is 4.25. The molecule has 120 valence electrons. The first-order valence-corrected chi connectivity index (χ1v) is 8.00. The van der Waals surface area contributed by atoms with Crippen LogP contribution < -0.4 is 0 Å². The Balaban J connectivity index is 2.08. The topological polar surface area (TPSA) is 50.2 Å². The number of halogens is 2. The summed E-state index contributed by atoms with van der Waals surface area (Å²) in [7, 11) is 0. The zero-order valence-electron chi connectivity index (χ0n) is 12.5. The molecule has 1 aromatic heterocycles. The highest BCUT2D eigenvalue weighted by Gasteiger charge is 2.18. The van der Waals surface area contributed by atoms with Gasteiger partial charge in [0.25, 0.3) is 0 Å². The summed E-state index contributed by atoms with van der Waals surface area (Å²) in [5, 5.41) is 10.3. The second-order valence-corrected chi connectivity index (χ2v) is 6.19. The first-order chi connectivity index (χ1) is 11.5. The van der Waals surface area contributed by atoms with Crippen LogP contribution >= 0.6 is 23.2 Å². The maximum atomic E-state index is 11.0. The second kappa shape index (κ2) is 7.04. The number of carbonyl (C=O) groups is 1. The van der Waals surface area contributed by atoms with E-state index in [4.69, 9.17) is 28.3 Å². The largest absolute Gasteiger partial charge is 0.477 e. The molecule has 0 saturated heterocycles. The van der Waals surface area contributed by atoms with Crippen molar-refractivity contribution < 1.29 is 9.90 Å². The Morgan fingerprint density at radius 2 is 1.25 bits per heavy atom. The third kappa shape index (κ3) is 3.58. The minimum absolute atomic E-state index is 0.0183. The van der Waals surface area contributed by atoms with Gasteiger partial charge in [-0.25, -0.2) is 9.78 Å². The summed E-state index contributed by atoms with van der Waals surface area (Å²) < 4.78 is 0. The van der Waals surface area contributed by atoms with Crippen molar-refractivity contribution in [3.8, 4) is 0 Å². The lowest BCUT2D eigenvalue weighted by molar-refractivity contribution is 0.0690. The molecule has 1 heterocycles. The monoisotopic (exact) mass is 357 g/mol. The van der Waals surface area contributed by atoms with Gasteiger partial charge in [0.05, 0.1) is 0 Å². The number of carboxylic acid groups (broad SMARTS) is 1. The predicted octanol–water partition coefficient (Wildman–Crippen LogP) is 5.27. The summed E-state index contributed by atoms with van der Waals surface area (Å²) in [6, 6.07) is 18.4. The Kier molecular flexibility index (Phi) is 4.84. The SMILES string of the molecule is O=C(O)c1ccc(C(c2ccc(Cl)cc2)c2ccc(Cl)cc2)cn1. The minimum atomic E-state index is -1.05. The number of aromatic nitrogens is 1. The quantitative estimate of drug-likeness (QED) is 0.692. The molecule has 3 rings (SSSR count). The fraction of sp³-hybridized carbons (Fsp3) is 0.0526. The van der Waals surface area contributed by atoms with Crippen LogP contribution in [0.3, 0.4) is 0 Å². The molecule has 0 radical (unpaired) electrons. The summed E-state index contributed by atoms with van der Waals surface area (Å²) in [6.07, 6.45) is 1.59. The summed E-state index contributed by atoms with van der Waals surface area (Å²) in [4.78, 5) is 15.0. The van der Waals surface area contributed by atoms with Crippen molar-refractivity contribution >= 4 is 29.2 Å². The second-order valence-electron chi connectivity index (χ2n) is 5.32. The van der Waals surface area contributed by atoms with E-state index in [9.17, 15) is 4.79 Å². The smallest absolute Gasteiger partial charge is 0.354 e. The van der Waals surface area contributed by atoms with Crippen molar-refractivity contribution in [2.24, 2.45) is 0 Å². The van der Waals surface area contributed by atoms with Gasteiger partial charge in [0, 0.05) is 22.2 Å². The fourth-order valence-electron chi connectivity index (χ4n) is 2.59. The highest BCUT2D eigenvalue weighted by Crippen LogP contribution is 2.32. The highest BCUT2D eigenvalue weighted by atomic mass is 35.5. The van der Waals surface area contributed by atoms with Crippen LogP contribution in [0, 0.1) is 0 Å². The van der Waals surface area contributed by atoms with Gasteiger partial charge >= 0.3 is 5.97 Å². The number of benzene rings is 2. The normalized spacial score (nSPS) is 10.8. The van der Waals surface area contributed by atoms with E-state index in [1.807, 2.05) is 48.5 Å². The molecule has 0 unspecified atom stereocenters. The first kappa shape index (κ1) is 16.5. The van der Waals surface area contributed by atoms with Gasteiger partial charge in [0.2, 0.25) is 0 Å². The van der Waals surface area contributed by atoms with Crippen molar-refractivity contribution in [2.75, 3.05) is 0 Å². The molecule has 1 N–H and O–H groups in total. The van der Waals surface area contributed by atoms with Gasteiger partial charge in [0.15, 0.2) is 0 Å². The molecule has 0 aliphatic carbocycles. The molecule has 0 aliphatic rings. The van der Waals surface area contributed by atoms with Gasteiger partial charge < -0.3 is 5.11 Å². The van der Waals surface area contributed by atoms with Crippen LogP contribution in [0.2, 0.25) is 10.0 Å². The zero-order valence-corrected chi connectivity index (χ0v) is 14.0. The van der Waals surface area contributed by atoms with E-state index in [1.165, 1.54) is 6.07 Å². The molecule has 0 amide bonds. The standard InChI is InChI=1S/C19H13Cl2NO2/c20-15-6-1-12(2-7-15)18(13-3-8-16(21)9-4-13)14-5-10-17(19(23)24)22-11-14/h1-11,18H,(H,23,24). The maximum absolute atomic E-state index is 11.0. The molecule has 24 heavy (non-hydrogen) atoms. The van der Waals surface area contributed by atoms with E-state index in [-0.39, 0.29) is 11.6 Å². The van der Waals surface area contributed by atoms with Crippen LogP contribution in [-0.2, 0) is 0 Å². The van der Waals surface area contributed by atoms with Gasteiger partial charge in [-0.15, -0.1) is 0 Å². The summed E-state index contributed by atoms with van der Waals surface area (Å²) in [6.45, 7) is 0. The minimum Gasteiger partial charge on any atom is -0.477 e. The summed E-state index contributed by atoms with van der Waals surface area (Å²) in [5.41, 5.74) is 2.98. The van der Waals surface area contributed by atoms with Crippen molar-refractivity contribution in [1.82, 2.24) is 4.98 Å². The lowest BCUT2D eigenvalue weighted by atomic mass is 9.86. The van der Waals surface area contributed by atoms with E-state index in [2.05, 4.69) is 4.98 Å². The molecule has 5 heteroatoms. The Morgan fingerprint density at radius 1 is 0.792 bits per heavy atom. The van der Waals surface area contributed by atoms with Crippen molar-refractivity contribution in [3.63, 3.8) is 0 Å². The van der Waals surface area contributed by atoms with E-state index in [0.717, 1.165) is 16.7 Å². The molecule has 0 bridgehead atoms. The van der Waals surface area contributed by atoms with Crippen LogP contribution in [0.15, 0.2) is 66.9 Å². The third-order valence-electron chi connectivity index (χ3n) is 3.75. The average molecular weight is 358 g/mol. The molecule has 0 fully saturated rings. The Labute approximate surface area is 149 Å². The number of aromatic carboxylic acids is 1. The van der Waals surface area contributed by atoms with E-state index in [0.29, 0.717) is 10.0 Å². The summed E-state index contributed by atoms with van der Waals surface area (Å²) in [5.74, 6) is -1.13. The molecule has 0 spiro atoms. The molecule has 3 nitrogen and oxygen atoms in total. The number of hydrogen-bond donors (Lipinski definition) is 1. The van der Waals surface area contributed by atoms with Gasteiger partial charge in [-0.2, -0.15) is 0 Å². The maximum Gasteiger partial charge on any atom is 0.354 e. The van der Waals surface area contributed by atoms with Crippen LogP contribution in [0.4, 0.5) is 0 Å². The number of pyridine rings is 1. The van der Waals surface area contributed by atoms with E-state index < -0.39 is 5.97 Å². The van der Waals surface area contributed by atoms with Gasteiger partial charge in [-0.3, -0.25) is 0 Å². The Morgan fingerprint density at radius 3 is 1.62 bits per heavy atom. The lowest BCUT2D eigenvalue weighted by Crippen LogP contribution is -2.06. The molecular weight excluding hydrogens is 345 g/mol. The highest BCUT2D eigenvalue weighted by molar-refractivity contribution is 6.30. The Bertz CT molecular complexity index is 799. The molecule has 3 aromatic rings. The van der Waals surface area contributed by atoms with Crippen molar-refractivity contribution in [2.45, 2.75) is 5.92 Å². The molecular formula is C19H13Cl2NO2. The number of carboxylic acids is 1. The van der Waals surface area contributed by atoms with E-state index in [1.54, 1.807) is 12.3 Å². The fourth-order valence-corrected chi connectivity index (χ4v) is 2.84. The van der Waals surface area contributed by atoms with Crippen LogP contribution in [0.5, 0.6) is 0 Å². The molecule has 0 aliphatic heterocycles. The predicted molar refractivity (Wildman–Crippen MR) is 95.0 cm³/mol. The number of hydrogen-bond acceptors (Lipinski definition) is 2. The molecule has 0 atom stereocenters. The van der Waals surface area contributed by atoms with Crippen molar-refractivity contribution in [1.29, 1.82) is 0 Å². The number of nitrogens with zero attached hydrogens (tertiary/aromatic N) is 1. The van der Waals surface area contributed by atoms with E-state index >= 15 is 0 Å². The molecule has 0 saturated carbocycles. The van der Waals surface area contributed by atoms with Gasteiger partial charge in [0.1, 0.15) is 5.69 Å². The first-order valence-electron chi connectivity index (χ1n) is 7.25. The van der Waals surface area contributed by atoms with Gasteiger partial charge in [-0.1, -0.05) is 53.5 Å². The Hall–Kier alpha value is -2.36. The zero-order chi connectivity index (χ0) is 17.1. The average Bonchev–Trinajstić information content (AvgIpc) is 2.59. The van der Waals surface area contributed by atoms with Crippen LogP contribution in [0.1, 0.15) is 33.1 Å². The van der Waals surface area contributed by atoms with Crippen LogP contribution in [0.25, 0.3) is 0 Å². The summed E-state index contributed by atoms with van der Waals surface area (Å²) >= 11 is 12.0. The van der Waals surface area contributed by atoms with Gasteiger partial charge in [-0.05, 0) is 47.0 Å². The van der Waals surface area contributed by atoms with Crippen LogP contribution in [-0.4, -0.2) is 16.1 Å². The number of rotatable bonds is 4. The lowest BCUT2D eigenvalue weighted by Gasteiger charge is -2.19. The molecule has 2 aromatic carbocycles.